The van der Waals surface area contributed by atoms with Crippen molar-refractivity contribution in [3.63, 3.8) is 0 Å². The van der Waals surface area contributed by atoms with Crippen LogP contribution in [0, 0.1) is 0 Å². The van der Waals surface area contributed by atoms with Crippen LogP contribution in [0.25, 0.3) is 11.0 Å². The maximum Gasteiger partial charge on any atom is 0.223 e. The first-order chi connectivity index (χ1) is 7.19. The predicted molar refractivity (Wildman–Crippen MR) is 62.2 cm³/mol. The lowest BCUT2D eigenvalue weighted by Crippen LogP contribution is -2.06. The average Bonchev–Trinajstić information content (AvgIpc) is 2.57. The molecule has 2 N–H and O–H groups in total. The first-order valence-electron chi connectivity index (χ1n) is 4.50. The molecule has 0 radical (unpaired) electrons. The molecular weight excluding hydrogens is 210 g/mol. The van der Waals surface area contributed by atoms with E-state index in [0.29, 0.717) is 5.95 Å². The molecule has 0 saturated heterocycles. The van der Waals surface area contributed by atoms with Gasteiger partial charge in [0, 0.05) is 11.8 Å². The summed E-state index contributed by atoms with van der Waals surface area (Å²) in [5, 5.41) is 2.62. The number of nitrogens with zero attached hydrogens (tertiary/aromatic N) is 1. The highest BCUT2D eigenvalue weighted by Crippen LogP contribution is 2.21. The zero-order valence-corrected chi connectivity index (χ0v) is 9.31. The number of imidazole rings is 1. The molecule has 2 aromatic rings. The van der Waals surface area contributed by atoms with Crippen molar-refractivity contribution in [1.29, 1.82) is 0 Å². The Morgan fingerprint density at radius 2 is 2.33 bits per heavy atom. The topological polar surface area (TPSA) is 57.8 Å². The van der Waals surface area contributed by atoms with Crippen molar-refractivity contribution in [1.82, 2.24) is 9.97 Å². The summed E-state index contributed by atoms with van der Waals surface area (Å²) >= 11 is 1.67. The normalized spacial score (nSPS) is 10.5. The van der Waals surface area contributed by atoms with E-state index in [4.69, 9.17) is 0 Å². The molecule has 0 aliphatic heterocycles. The van der Waals surface area contributed by atoms with Crippen molar-refractivity contribution >= 4 is 34.7 Å². The van der Waals surface area contributed by atoms with Crippen LogP contribution in [0.2, 0.25) is 0 Å². The van der Waals surface area contributed by atoms with E-state index in [1.807, 2.05) is 24.5 Å². The van der Waals surface area contributed by atoms with Gasteiger partial charge in [0.15, 0.2) is 0 Å². The lowest BCUT2D eigenvalue weighted by molar-refractivity contribution is -0.114. The third-order valence-electron chi connectivity index (χ3n) is 1.98. The fraction of sp³-hybridized carbons (Fsp3) is 0.200. The van der Waals surface area contributed by atoms with Gasteiger partial charge >= 0.3 is 0 Å². The Labute approximate surface area is 91.5 Å². The van der Waals surface area contributed by atoms with Crippen molar-refractivity contribution in [2.75, 3.05) is 11.6 Å². The zero-order valence-electron chi connectivity index (χ0n) is 8.50. The minimum absolute atomic E-state index is 0.126. The van der Waals surface area contributed by atoms with E-state index in [1.54, 1.807) is 11.8 Å². The smallest absolute Gasteiger partial charge is 0.223 e. The number of aromatic amines is 1. The number of benzene rings is 1. The summed E-state index contributed by atoms with van der Waals surface area (Å²) in [6, 6.07) is 5.95. The number of carbonyl (C=O) groups excluding carboxylic acids is 1. The molecule has 2 rings (SSSR count). The van der Waals surface area contributed by atoms with E-state index in [1.165, 1.54) is 11.8 Å². The third-order valence-corrected chi connectivity index (χ3v) is 2.71. The maximum absolute atomic E-state index is 10.8. The molecule has 0 aliphatic rings. The van der Waals surface area contributed by atoms with Crippen LogP contribution in [0.5, 0.6) is 0 Å². The van der Waals surface area contributed by atoms with Crippen LogP contribution in [0.15, 0.2) is 23.1 Å². The molecule has 78 valence electrons. The third kappa shape index (κ3) is 2.12. The lowest BCUT2D eigenvalue weighted by atomic mass is 10.3. The van der Waals surface area contributed by atoms with Crippen molar-refractivity contribution in [2.45, 2.75) is 11.8 Å². The Balaban J connectivity index is 2.42. The number of hydrogen-bond donors (Lipinski definition) is 2. The first-order valence-corrected chi connectivity index (χ1v) is 5.73. The molecule has 1 aromatic heterocycles. The number of H-pyrrole nitrogens is 1. The number of anilines is 1. The zero-order chi connectivity index (χ0) is 10.8. The summed E-state index contributed by atoms with van der Waals surface area (Å²) in [6.45, 7) is 1.46. The van der Waals surface area contributed by atoms with Crippen LogP contribution >= 0.6 is 11.8 Å². The van der Waals surface area contributed by atoms with Crippen LogP contribution < -0.4 is 5.32 Å². The molecule has 0 bridgehead atoms. The van der Waals surface area contributed by atoms with Gasteiger partial charge in [0.1, 0.15) is 0 Å². The van der Waals surface area contributed by atoms with Crippen molar-refractivity contribution in [3.8, 4) is 0 Å². The molecule has 0 saturated carbocycles. The van der Waals surface area contributed by atoms with Gasteiger partial charge in [0.2, 0.25) is 11.9 Å². The average molecular weight is 221 g/mol. The Hall–Kier alpha value is -1.49. The Morgan fingerprint density at radius 1 is 1.53 bits per heavy atom. The second-order valence-corrected chi connectivity index (χ2v) is 4.03. The van der Waals surface area contributed by atoms with Crippen molar-refractivity contribution < 1.29 is 4.79 Å². The summed E-state index contributed by atoms with van der Waals surface area (Å²) in [7, 11) is 0. The Morgan fingerprint density at radius 3 is 3.00 bits per heavy atom. The molecule has 0 atom stereocenters. The monoisotopic (exact) mass is 221 g/mol. The number of rotatable bonds is 2. The summed E-state index contributed by atoms with van der Waals surface area (Å²) in [6.07, 6.45) is 2.02. The Bertz CT molecular complexity index is 506. The number of carbonyl (C=O) groups is 1. The molecule has 0 aliphatic carbocycles. The molecule has 4 nitrogen and oxygen atoms in total. The van der Waals surface area contributed by atoms with Crippen molar-refractivity contribution in [3.05, 3.63) is 18.2 Å². The minimum atomic E-state index is -0.126. The lowest BCUT2D eigenvalue weighted by Gasteiger charge is -1.93. The van der Waals surface area contributed by atoms with Gasteiger partial charge in [-0.2, -0.15) is 0 Å². The molecule has 5 heteroatoms. The number of thioether (sulfide) groups is 1. The number of fused-ring (bicyclic) bond motifs is 1. The van der Waals surface area contributed by atoms with Crippen LogP contribution in [0.3, 0.4) is 0 Å². The molecular formula is C10H11N3OS. The second kappa shape index (κ2) is 3.94. The summed E-state index contributed by atoms with van der Waals surface area (Å²) in [4.78, 5) is 19.3. The summed E-state index contributed by atoms with van der Waals surface area (Å²) in [5.41, 5.74) is 1.79. The highest BCUT2D eigenvalue weighted by Gasteiger charge is 2.03. The van der Waals surface area contributed by atoms with Crippen LogP contribution in [-0.4, -0.2) is 22.1 Å². The van der Waals surface area contributed by atoms with Gasteiger partial charge in [-0.15, -0.1) is 11.8 Å². The SMILES string of the molecule is CSc1ccc2nc(NC(C)=O)[nH]c2c1. The van der Waals surface area contributed by atoms with Gasteiger partial charge < -0.3 is 4.98 Å². The highest BCUT2D eigenvalue weighted by atomic mass is 32.2. The largest absolute Gasteiger partial charge is 0.324 e. The standard InChI is InChI=1S/C10H11N3OS/c1-6(14)11-10-12-8-4-3-7(15-2)5-9(8)13-10/h3-5H,1-2H3,(H2,11,12,13,14). The maximum atomic E-state index is 10.8. The summed E-state index contributed by atoms with van der Waals surface area (Å²) in [5.74, 6) is 0.370. The quantitative estimate of drug-likeness (QED) is 0.765. The van der Waals surface area contributed by atoms with E-state index in [9.17, 15) is 4.79 Å². The minimum Gasteiger partial charge on any atom is -0.324 e. The molecule has 1 amide bonds. The van der Waals surface area contributed by atoms with E-state index in [-0.39, 0.29) is 5.91 Å². The van der Waals surface area contributed by atoms with E-state index >= 15 is 0 Å². The summed E-state index contributed by atoms with van der Waals surface area (Å²) < 4.78 is 0. The predicted octanol–water partition coefficient (Wildman–Crippen LogP) is 2.24. The van der Waals surface area contributed by atoms with Gasteiger partial charge in [0.25, 0.3) is 0 Å². The van der Waals surface area contributed by atoms with Gasteiger partial charge in [-0.05, 0) is 24.5 Å². The van der Waals surface area contributed by atoms with Crippen LogP contribution in [0.4, 0.5) is 5.95 Å². The first kappa shape index (κ1) is 10.0. The van der Waals surface area contributed by atoms with Gasteiger partial charge in [-0.25, -0.2) is 4.98 Å². The number of nitrogens with one attached hydrogen (secondary N) is 2. The van der Waals surface area contributed by atoms with Gasteiger partial charge in [-0.1, -0.05) is 0 Å². The van der Waals surface area contributed by atoms with E-state index in [2.05, 4.69) is 15.3 Å². The molecule has 0 unspecified atom stereocenters. The Kier molecular flexibility index (Phi) is 2.64. The molecule has 15 heavy (non-hydrogen) atoms. The fourth-order valence-electron chi connectivity index (χ4n) is 1.34. The number of aromatic nitrogens is 2. The van der Waals surface area contributed by atoms with Gasteiger partial charge in [0.05, 0.1) is 11.0 Å². The molecule has 1 aromatic carbocycles. The fourth-order valence-corrected chi connectivity index (χ4v) is 1.78. The molecule has 0 spiro atoms. The van der Waals surface area contributed by atoms with E-state index in [0.717, 1.165) is 11.0 Å². The van der Waals surface area contributed by atoms with Crippen molar-refractivity contribution in [2.24, 2.45) is 0 Å². The van der Waals surface area contributed by atoms with Crippen LogP contribution in [0.1, 0.15) is 6.92 Å². The second-order valence-electron chi connectivity index (χ2n) is 3.15. The number of hydrogen-bond acceptors (Lipinski definition) is 3. The van der Waals surface area contributed by atoms with E-state index < -0.39 is 0 Å². The number of amides is 1. The van der Waals surface area contributed by atoms with Crippen LogP contribution in [-0.2, 0) is 4.79 Å². The highest BCUT2D eigenvalue weighted by molar-refractivity contribution is 7.98. The molecule has 1 heterocycles. The molecule has 0 fully saturated rings. The van der Waals surface area contributed by atoms with Gasteiger partial charge in [-0.3, -0.25) is 10.1 Å².